The number of nitrogens with zero attached hydrogens (tertiary/aromatic N) is 1. The minimum atomic E-state index is -3.60. The maximum atomic E-state index is 12.9. The summed E-state index contributed by atoms with van der Waals surface area (Å²) in [6, 6.07) is 10.8. The molecule has 1 N–H and O–H groups in total. The predicted molar refractivity (Wildman–Crippen MR) is 113 cm³/mol. The van der Waals surface area contributed by atoms with Gasteiger partial charge in [0.15, 0.2) is 0 Å². The Morgan fingerprint density at radius 2 is 2.14 bits per heavy atom. The third-order valence-electron chi connectivity index (χ3n) is 4.94. The van der Waals surface area contributed by atoms with Crippen LogP contribution < -0.4 is 10.1 Å². The number of sulfonamides is 1. The predicted octanol–water partition coefficient (Wildman–Crippen LogP) is 3.63. The summed E-state index contributed by atoms with van der Waals surface area (Å²) in [5, 5.41) is 2.96. The highest BCUT2D eigenvalue weighted by Gasteiger charge is 2.42. The van der Waals surface area contributed by atoms with Crippen LogP contribution in [0.1, 0.15) is 25.3 Å². The Balaban J connectivity index is 1.69. The molecule has 1 aliphatic heterocycles. The molecule has 2 heterocycles. The molecule has 0 bridgehead atoms. The summed E-state index contributed by atoms with van der Waals surface area (Å²) in [4.78, 5) is 12.9. The first-order chi connectivity index (χ1) is 13.2. The van der Waals surface area contributed by atoms with E-state index in [4.69, 9.17) is 4.74 Å². The van der Waals surface area contributed by atoms with Gasteiger partial charge in [-0.05, 0) is 65.5 Å². The lowest BCUT2D eigenvalue weighted by molar-refractivity contribution is -0.132. The molecule has 1 fully saturated rings. The van der Waals surface area contributed by atoms with Crippen LogP contribution in [0.3, 0.4) is 0 Å². The van der Waals surface area contributed by atoms with E-state index in [1.807, 2.05) is 31.2 Å². The van der Waals surface area contributed by atoms with Crippen LogP contribution >= 0.6 is 27.3 Å². The molecule has 1 saturated heterocycles. The lowest BCUT2D eigenvalue weighted by atomic mass is 9.82. The van der Waals surface area contributed by atoms with Gasteiger partial charge in [0.25, 0.3) is 10.0 Å². The van der Waals surface area contributed by atoms with Crippen molar-refractivity contribution in [2.24, 2.45) is 5.41 Å². The van der Waals surface area contributed by atoms with Crippen LogP contribution in [-0.2, 0) is 21.4 Å². The first kappa shape index (κ1) is 21.3. The Morgan fingerprint density at radius 3 is 2.82 bits per heavy atom. The van der Waals surface area contributed by atoms with Crippen molar-refractivity contribution in [2.75, 3.05) is 20.2 Å². The lowest BCUT2D eigenvalue weighted by Crippen LogP contribution is -2.51. The topological polar surface area (TPSA) is 75.7 Å². The Hall–Kier alpha value is -1.42. The standard InChI is InChI=1S/C19H23BrN2O4S2/c1-19(18(23)21-12-14-5-3-6-15(11-14)26-2)9-4-10-22(13-19)28(24,25)17-8-7-16(20)27-17/h3,5-8,11H,4,9-10,12-13H2,1-2H3,(H,21,23)/t19-/m0/s1. The van der Waals surface area contributed by atoms with Gasteiger partial charge in [-0.3, -0.25) is 4.79 Å². The second kappa shape index (κ2) is 8.52. The van der Waals surface area contributed by atoms with Crippen molar-refractivity contribution in [3.8, 4) is 5.75 Å². The zero-order valence-corrected chi connectivity index (χ0v) is 19.0. The second-order valence-corrected chi connectivity index (χ2v) is 11.7. The number of benzene rings is 1. The summed E-state index contributed by atoms with van der Waals surface area (Å²) < 4.78 is 33.6. The van der Waals surface area contributed by atoms with Crippen LogP contribution in [0, 0.1) is 5.41 Å². The third-order valence-corrected chi connectivity index (χ3v) is 8.88. The number of hydrogen-bond acceptors (Lipinski definition) is 5. The smallest absolute Gasteiger partial charge is 0.252 e. The second-order valence-electron chi connectivity index (χ2n) is 7.10. The molecule has 1 aliphatic rings. The molecular formula is C19H23BrN2O4S2. The summed E-state index contributed by atoms with van der Waals surface area (Å²) in [5.74, 6) is 0.595. The van der Waals surface area contributed by atoms with Crippen LogP contribution in [-0.4, -0.2) is 38.8 Å². The van der Waals surface area contributed by atoms with E-state index in [0.717, 1.165) is 15.1 Å². The molecule has 2 aromatic rings. The number of amides is 1. The monoisotopic (exact) mass is 486 g/mol. The Morgan fingerprint density at radius 1 is 1.36 bits per heavy atom. The van der Waals surface area contributed by atoms with Crippen LogP contribution in [0.2, 0.25) is 0 Å². The fourth-order valence-corrected chi connectivity index (χ4v) is 7.09. The van der Waals surface area contributed by atoms with Gasteiger partial charge in [-0.25, -0.2) is 8.42 Å². The van der Waals surface area contributed by atoms with Gasteiger partial charge in [0.05, 0.1) is 16.3 Å². The van der Waals surface area contributed by atoms with Crippen molar-refractivity contribution >= 4 is 43.2 Å². The van der Waals surface area contributed by atoms with E-state index in [1.165, 1.54) is 15.6 Å². The van der Waals surface area contributed by atoms with Crippen molar-refractivity contribution in [3.63, 3.8) is 0 Å². The van der Waals surface area contributed by atoms with Gasteiger partial charge in [-0.2, -0.15) is 4.31 Å². The largest absolute Gasteiger partial charge is 0.497 e. The molecule has 6 nitrogen and oxygen atoms in total. The molecular weight excluding hydrogens is 464 g/mol. The molecule has 3 rings (SSSR count). The van der Waals surface area contributed by atoms with Crippen LogP contribution in [0.15, 0.2) is 44.4 Å². The first-order valence-electron chi connectivity index (χ1n) is 8.91. The number of thiophene rings is 1. The number of carbonyl (C=O) groups is 1. The summed E-state index contributed by atoms with van der Waals surface area (Å²) in [6.07, 6.45) is 1.30. The molecule has 9 heteroatoms. The molecule has 0 saturated carbocycles. The minimum absolute atomic E-state index is 0.136. The molecule has 0 radical (unpaired) electrons. The first-order valence-corrected chi connectivity index (χ1v) is 12.0. The van der Waals surface area contributed by atoms with Crippen molar-refractivity contribution < 1.29 is 17.9 Å². The highest BCUT2D eigenvalue weighted by molar-refractivity contribution is 9.11. The molecule has 152 valence electrons. The van der Waals surface area contributed by atoms with Gasteiger partial charge in [0, 0.05) is 19.6 Å². The van der Waals surface area contributed by atoms with Gasteiger partial charge in [-0.1, -0.05) is 12.1 Å². The summed E-state index contributed by atoms with van der Waals surface area (Å²) in [7, 11) is -2.00. The maximum Gasteiger partial charge on any atom is 0.252 e. The number of piperidine rings is 1. The number of rotatable bonds is 6. The fraction of sp³-hybridized carbons (Fsp3) is 0.421. The minimum Gasteiger partial charge on any atom is -0.497 e. The summed E-state index contributed by atoms with van der Waals surface area (Å²) in [5.41, 5.74) is 0.165. The average Bonchev–Trinajstić information content (AvgIpc) is 3.13. The van der Waals surface area contributed by atoms with E-state index in [2.05, 4.69) is 21.2 Å². The highest BCUT2D eigenvalue weighted by Crippen LogP contribution is 2.35. The average molecular weight is 487 g/mol. The molecule has 1 atom stereocenters. The highest BCUT2D eigenvalue weighted by atomic mass is 79.9. The summed E-state index contributed by atoms with van der Waals surface area (Å²) >= 11 is 4.49. The zero-order chi connectivity index (χ0) is 20.4. The van der Waals surface area contributed by atoms with E-state index >= 15 is 0 Å². The van der Waals surface area contributed by atoms with E-state index in [9.17, 15) is 13.2 Å². The van der Waals surface area contributed by atoms with Crippen molar-refractivity contribution in [1.29, 1.82) is 0 Å². The third kappa shape index (κ3) is 4.59. The maximum absolute atomic E-state index is 12.9. The molecule has 0 aliphatic carbocycles. The number of halogens is 1. The van der Waals surface area contributed by atoms with Gasteiger partial charge < -0.3 is 10.1 Å². The van der Waals surface area contributed by atoms with E-state index in [0.29, 0.717) is 30.1 Å². The van der Waals surface area contributed by atoms with E-state index < -0.39 is 15.4 Å². The van der Waals surface area contributed by atoms with E-state index in [1.54, 1.807) is 19.2 Å². The van der Waals surface area contributed by atoms with Crippen molar-refractivity contribution in [3.05, 3.63) is 45.7 Å². The molecule has 1 aromatic carbocycles. The Labute approximate surface area is 178 Å². The van der Waals surface area contributed by atoms with E-state index in [-0.39, 0.29) is 12.5 Å². The number of methoxy groups -OCH3 is 1. The Kier molecular flexibility index (Phi) is 6.48. The number of hydrogen-bond donors (Lipinski definition) is 1. The van der Waals surface area contributed by atoms with Crippen LogP contribution in [0.5, 0.6) is 5.75 Å². The van der Waals surface area contributed by atoms with Crippen molar-refractivity contribution in [1.82, 2.24) is 9.62 Å². The SMILES string of the molecule is COc1cccc(CNC(=O)[C@@]2(C)CCCN(S(=O)(=O)c3ccc(Br)s3)C2)c1. The molecule has 28 heavy (non-hydrogen) atoms. The van der Waals surface area contributed by atoms with Crippen LogP contribution in [0.25, 0.3) is 0 Å². The number of carbonyl (C=O) groups excluding carboxylic acids is 1. The van der Waals surface area contributed by atoms with Gasteiger partial charge in [0.1, 0.15) is 9.96 Å². The van der Waals surface area contributed by atoms with Crippen molar-refractivity contribution in [2.45, 2.75) is 30.5 Å². The molecule has 1 amide bonds. The lowest BCUT2D eigenvalue weighted by Gasteiger charge is -2.38. The normalized spacial score (nSPS) is 20.7. The quantitative estimate of drug-likeness (QED) is 0.676. The molecule has 0 spiro atoms. The zero-order valence-electron chi connectivity index (χ0n) is 15.8. The van der Waals surface area contributed by atoms with Gasteiger partial charge in [0.2, 0.25) is 5.91 Å². The fourth-order valence-electron chi connectivity index (χ4n) is 3.33. The molecule has 1 aromatic heterocycles. The van der Waals surface area contributed by atoms with Gasteiger partial charge >= 0.3 is 0 Å². The number of ether oxygens (including phenoxy) is 1. The number of nitrogens with one attached hydrogen (secondary N) is 1. The molecule has 0 unspecified atom stereocenters. The Bertz CT molecular complexity index is 960. The van der Waals surface area contributed by atoms with Crippen LogP contribution in [0.4, 0.5) is 0 Å². The van der Waals surface area contributed by atoms with Gasteiger partial charge in [-0.15, -0.1) is 11.3 Å². The summed E-state index contributed by atoms with van der Waals surface area (Å²) in [6.45, 7) is 2.81.